The average Bonchev–Trinajstić information content (AvgIpc) is 3.53. The number of ketones is 2. The maximum absolute atomic E-state index is 15.0. The average molecular weight is 589 g/mol. The second-order valence-electron chi connectivity index (χ2n) is 13.8. The van der Waals surface area contributed by atoms with Crippen LogP contribution in [0.15, 0.2) is 23.0 Å². The highest BCUT2D eigenvalue weighted by molar-refractivity contribution is 5.97. The molecule has 4 aliphatic carbocycles. The maximum Gasteiger partial charge on any atom is 0.303 e. The van der Waals surface area contributed by atoms with Crippen LogP contribution >= 0.6 is 0 Å². The van der Waals surface area contributed by atoms with E-state index < -0.39 is 93.8 Å². The number of esters is 2. The number of rotatable bonds is 4. The standard InChI is InChI=1S/C31H40O11/c1-14(32)41-22-11-21(36)31-13-40-27(38-6)29(22,4)19(31)10-20(35)30(5)24-18(34)9-17(16-7-8-39-12-16)28(24,3)26(42-15(2)33)23(37)25(30)31/h7-8,12,17,19-22,24-27,35-36H,9-11,13H2,1-6H3/t17-,19-,20+,21-,22+,24+,25-,26-,27+,28-,29-,30-,31+/m0/s1. The molecule has 2 N–H and O–H groups in total. The van der Waals surface area contributed by atoms with Crippen LogP contribution in [0, 0.1) is 39.4 Å². The first-order valence-corrected chi connectivity index (χ1v) is 14.6. The van der Waals surface area contributed by atoms with Crippen LogP contribution in [0.25, 0.3) is 0 Å². The van der Waals surface area contributed by atoms with E-state index in [4.69, 9.17) is 23.4 Å². The summed E-state index contributed by atoms with van der Waals surface area (Å²) in [6.07, 6.45) is -2.11. The highest BCUT2D eigenvalue weighted by Crippen LogP contribution is 2.75. The Labute approximate surface area is 244 Å². The van der Waals surface area contributed by atoms with E-state index in [0.717, 1.165) is 0 Å². The molecule has 42 heavy (non-hydrogen) atoms. The number of hydrogen-bond acceptors (Lipinski definition) is 11. The Kier molecular flexibility index (Phi) is 6.63. The van der Waals surface area contributed by atoms with E-state index in [9.17, 15) is 24.6 Å². The van der Waals surface area contributed by atoms with Gasteiger partial charge in [-0.05, 0) is 24.0 Å². The monoisotopic (exact) mass is 588 g/mol. The number of carbonyl (C=O) groups is 4. The summed E-state index contributed by atoms with van der Waals surface area (Å²) in [5, 5.41) is 24.2. The van der Waals surface area contributed by atoms with Gasteiger partial charge >= 0.3 is 11.9 Å². The molecule has 2 heterocycles. The number of fused-ring (bicyclic) bond motifs is 3. The molecule has 2 bridgehead atoms. The quantitative estimate of drug-likeness (QED) is 0.497. The Balaban J connectivity index is 1.57. The third-order valence-corrected chi connectivity index (χ3v) is 12.1. The molecular formula is C31H40O11. The molecule has 4 saturated carbocycles. The Hall–Kier alpha value is -2.60. The SMILES string of the molecule is CO[C@@H]1OC[C@]23[C@@H](O)C[C@@H](OC(C)=O)[C@]1(C)[C@@H]2C[C@@H](O)[C@@]1(C)[C@@H]2C(=O)C[C@@H](c4ccoc4)[C@]2(C)[C@@H](OC(C)=O)C(=O)[C@@H]13. The maximum atomic E-state index is 15.0. The normalized spacial score (nSPS) is 49.5. The van der Waals surface area contributed by atoms with E-state index in [0.29, 0.717) is 5.56 Å². The molecule has 11 nitrogen and oxygen atoms in total. The fourth-order valence-corrected chi connectivity index (χ4v) is 10.6. The molecule has 1 aliphatic heterocycles. The molecule has 11 heteroatoms. The molecule has 13 atom stereocenters. The highest BCUT2D eigenvalue weighted by atomic mass is 16.7. The van der Waals surface area contributed by atoms with Gasteiger partial charge < -0.3 is 33.6 Å². The molecule has 0 radical (unpaired) electrons. The molecule has 0 spiro atoms. The second-order valence-corrected chi connectivity index (χ2v) is 13.8. The van der Waals surface area contributed by atoms with Crippen molar-refractivity contribution in [1.82, 2.24) is 0 Å². The topological polar surface area (TPSA) is 159 Å². The van der Waals surface area contributed by atoms with E-state index >= 15 is 4.79 Å². The Morgan fingerprint density at radius 1 is 0.952 bits per heavy atom. The van der Waals surface area contributed by atoms with Crippen LogP contribution in [0.3, 0.4) is 0 Å². The van der Waals surface area contributed by atoms with Gasteiger partial charge in [-0.25, -0.2) is 0 Å². The van der Waals surface area contributed by atoms with Crippen molar-refractivity contribution in [2.75, 3.05) is 13.7 Å². The molecule has 5 aliphatic rings. The van der Waals surface area contributed by atoms with E-state index in [1.165, 1.54) is 33.5 Å². The van der Waals surface area contributed by atoms with Gasteiger partial charge in [-0.15, -0.1) is 0 Å². The van der Waals surface area contributed by atoms with Crippen molar-refractivity contribution in [1.29, 1.82) is 0 Å². The number of hydrogen-bond donors (Lipinski definition) is 2. The van der Waals surface area contributed by atoms with Crippen molar-refractivity contribution in [2.45, 2.75) is 90.5 Å². The molecule has 0 aromatic carbocycles. The lowest BCUT2D eigenvalue weighted by molar-refractivity contribution is -0.375. The van der Waals surface area contributed by atoms with Crippen LogP contribution in [-0.2, 0) is 38.1 Å². The van der Waals surface area contributed by atoms with Gasteiger partial charge in [0.05, 0.1) is 36.8 Å². The first-order valence-electron chi connectivity index (χ1n) is 14.6. The third-order valence-electron chi connectivity index (χ3n) is 12.1. The van der Waals surface area contributed by atoms with Gasteiger partial charge in [0.25, 0.3) is 0 Å². The van der Waals surface area contributed by atoms with Crippen molar-refractivity contribution in [3.05, 3.63) is 24.2 Å². The van der Waals surface area contributed by atoms with Crippen LogP contribution in [0.5, 0.6) is 0 Å². The minimum atomic E-state index is -1.33. The summed E-state index contributed by atoms with van der Waals surface area (Å²) in [7, 11) is 1.48. The molecule has 0 amide bonds. The molecule has 5 fully saturated rings. The van der Waals surface area contributed by atoms with Crippen molar-refractivity contribution in [3.8, 4) is 0 Å². The smallest absolute Gasteiger partial charge is 0.303 e. The van der Waals surface area contributed by atoms with E-state index in [-0.39, 0.29) is 31.7 Å². The number of Topliss-reactive ketones (excluding diaryl/α,β-unsaturated/α-hetero) is 2. The summed E-state index contributed by atoms with van der Waals surface area (Å²) in [5.74, 6) is -4.90. The third kappa shape index (κ3) is 3.42. The molecule has 230 valence electrons. The fraction of sp³-hybridized carbons (Fsp3) is 0.742. The first-order chi connectivity index (χ1) is 19.7. The van der Waals surface area contributed by atoms with Crippen molar-refractivity contribution >= 4 is 23.5 Å². The summed E-state index contributed by atoms with van der Waals surface area (Å²) >= 11 is 0. The van der Waals surface area contributed by atoms with E-state index in [2.05, 4.69) is 0 Å². The van der Waals surface area contributed by atoms with Gasteiger partial charge in [-0.2, -0.15) is 0 Å². The van der Waals surface area contributed by atoms with Crippen LogP contribution < -0.4 is 0 Å². The zero-order valence-corrected chi connectivity index (χ0v) is 24.8. The summed E-state index contributed by atoms with van der Waals surface area (Å²) in [4.78, 5) is 53.9. The molecule has 6 rings (SSSR count). The minimum Gasteiger partial charge on any atom is -0.472 e. The van der Waals surface area contributed by atoms with Gasteiger partial charge in [0.15, 0.2) is 18.2 Å². The Bertz CT molecular complexity index is 1310. The van der Waals surface area contributed by atoms with E-state index in [1.54, 1.807) is 19.9 Å². The predicted molar refractivity (Wildman–Crippen MR) is 142 cm³/mol. The Morgan fingerprint density at radius 3 is 2.24 bits per heavy atom. The number of carbonyl (C=O) groups excluding carboxylic acids is 4. The largest absolute Gasteiger partial charge is 0.472 e. The Morgan fingerprint density at radius 2 is 1.64 bits per heavy atom. The molecular weight excluding hydrogens is 548 g/mol. The summed E-state index contributed by atoms with van der Waals surface area (Å²) in [6.45, 7) is 7.81. The van der Waals surface area contributed by atoms with Crippen molar-refractivity contribution in [3.63, 3.8) is 0 Å². The van der Waals surface area contributed by atoms with Crippen LogP contribution in [0.2, 0.25) is 0 Å². The lowest BCUT2D eigenvalue weighted by atomic mass is 9.33. The lowest BCUT2D eigenvalue weighted by Crippen LogP contribution is -2.80. The fourth-order valence-electron chi connectivity index (χ4n) is 10.6. The van der Waals surface area contributed by atoms with Gasteiger partial charge in [-0.1, -0.05) is 20.8 Å². The minimum absolute atomic E-state index is 0.0114. The number of aliphatic hydroxyl groups is 2. The highest BCUT2D eigenvalue weighted by Gasteiger charge is 2.82. The number of aliphatic hydroxyl groups excluding tert-OH is 2. The second kappa shape index (κ2) is 9.45. The van der Waals surface area contributed by atoms with Gasteiger partial charge in [0, 0.05) is 67.8 Å². The number of methoxy groups -OCH3 is 1. The molecule has 1 aromatic rings. The van der Waals surface area contributed by atoms with Gasteiger partial charge in [-0.3, -0.25) is 19.2 Å². The van der Waals surface area contributed by atoms with Crippen LogP contribution in [-0.4, -0.2) is 78.1 Å². The van der Waals surface area contributed by atoms with Crippen molar-refractivity contribution < 1.29 is 52.8 Å². The summed E-state index contributed by atoms with van der Waals surface area (Å²) < 4.78 is 28.9. The van der Waals surface area contributed by atoms with Crippen LogP contribution in [0.1, 0.15) is 65.4 Å². The molecule has 0 unspecified atom stereocenters. The number of ether oxygens (including phenoxy) is 4. The number of furan rings is 1. The van der Waals surface area contributed by atoms with Crippen molar-refractivity contribution in [2.24, 2.45) is 39.4 Å². The van der Waals surface area contributed by atoms with Gasteiger partial charge in [0.2, 0.25) is 0 Å². The zero-order valence-electron chi connectivity index (χ0n) is 24.8. The predicted octanol–water partition coefficient (Wildman–Crippen LogP) is 2.17. The van der Waals surface area contributed by atoms with Crippen LogP contribution in [0.4, 0.5) is 0 Å². The summed E-state index contributed by atoms with van der Waals surface area (Å²) in [5.41, 5.74) is -4.13. The molecule has 1 aromatic heterocycles. The molecule has 1 saturated heterocycles. The van der Waals surface area contributed by atoms with E-state index in [1.807, 2.05) is 6.92 Å². The lowest BCUT2D eigenvalue weighted by Gasteiger charge is -2.73. The summed E-state index contributed by atoms with van der Waals surface area (Å²) in [6, 6.07) is 1.74. The van der Waals surface area contributed by atoms with Gasteiger partial charge in [0.1, 0.15) is 11.9 Å². The first kappa shape index (κ1) is 29.5. The zero-order chi connectivity index (χ0) is 30.6.